The monoisotopic (exact) mass is 317 g/mol. The fourth-order valence-corrected chi connectivity index (χ4v) is 4.51. The van der Waals surface area contributed by atoms with Crippen LogP contribution in [0.3, 0.4) is 0 Å². The van der Waals surface area contributed by atoms with Crippen molar-refractivity contribution in [2.75, 3.05) is 25.4 Å². The smallest absolute Gasteiger partial charge is 0.227 e. The second kappa shape index (κ2) is 6.62. The molecule has 0 aromatic heterocycles. The zero-order chi connectivity index (χ0) is 15.5. The highest BCUT2D eigenvalue weighted by Gasteiger charge is 2.41. The van der Waals surface area contributed by atoms with Gasteiger partial charge in [-0.25, -0.2) is 12.7 Å². The summed E-state index contributed by atoms with van der Waals surface area (Å²) in [5.41, 5.74) is 5.44. The number of hydrogen-bond acceptors (Lipinski definition) is 4. The fourth-order valence-electron chi connectivity index (χ4n) is 3.38. The maximum atomic E-state index is 12.5. The molecule has 2 rings (SSSR count). The van der Waals surface area contributed by atoms with E-state index in [1.54, 1.807) is 6.92 Å². The largest absolute Gasteiger partial charge is 0.353 e. The molecule has 0 atom stereocenters. The Hall–Kier alpha value is -0.660. The lowest BCUT2D eigenvalue weighted by molar-refractivity contribution is -0.131. The van der Waals surface area contributed by atoms with E-state index in [0.29, 0.717) is 32.5 Å². The molecule has 0 aromatic rings. The number of amides is 1. The lowest BCUT2D eigenvalue weighted by Gasteiger charge is -2.34. The lowest BCUT2D eigenvalue weighted by Crippen LogP contribution is -2.52. The van der Waals surface area contributed by atoms with E-state index in [9.17, 15) is 13.2 Å². The minimum absolute atomic E-state index is 0.0688. The van der Waals surface area contributed by atoms with E-state index in [2.05, 4.69) is 5.32 Å². The molecule has 1 aliphatic heterocycles. The molecule has 122 valence electrons. The van der Waals surface area contributed by atoms with Crippen LogP contribution in [0.4, 0.5) is 0 Å². The summed E-state index contributed by atoms with van der Waals surface area (Å²) in [6.07, 6.45) is 5.25. The average molecular weight is 317 g/mol. The van der Waals surface area contributed by atoms with Gasteiger partial charge in [-0.1, -0.05) is 12.8 Å². The molecular formula is C14H27N3O3S. The molecule has 0 unspecified atom stereocenters. The summed E-state index contributed by atoms with van der Waals surface area (Å²) in [5, 5.41) is 3.10. The van der Waals surface area contributed by atoms with Crippen LogP contribution in [0.5, 0.6) is 0 Å². The van der Waals surface area contributed by atoms with Gasteiger partial charge in [0.1, 0.15) is 0 Å². The summed E-state index contributed by atoms with van der Waals surface area (Å²) >= 11 is 0. The van der Waals surface area contributed by atoms with Gasteiger partial charge in [-0.2, -0.15) is 0 Å². The van der Waals surface area contributed by atoms with Crippen LogP contribution >= 0.6 is 0 Å². The van der Waals surface area contributed by atoms with Crippen molar-refractivity contribution in [3.8, 4) is 0 Å². The average Bonchev–Trinajstić information content (AvgIpc) is 2.98. The topological polar surface area (TPSA) is 92.5 Å². The highest BCUT2D eigenvalue weighted by molar-refractivity contribution is 7.89. The van der Waals surface area contributed by atoms with E-state index >= 15 is 0 Å². The number of rotatable bonds is 5. The Morgan fingerprint density at radius 2 is 1.86 bits per heavy atom. The highest BCUT2D eigenvalue weighted by atomic mass is 32.2. The number of hydrogen-bond donors (Lipinski definition) is 2. The zero-order valence-corrected chi connectivity index (χ0v) is 13.6. The summed E-state index contributed by atoms with van der Waals surface area (Å²) < 4.78 is 25.2. The molecule has 2 aliphatic rings. The first-order valence-corrected chi connectivity index (χ1v) is 9.53. The molecule has 7 heteroatoms. The number of carbonyl (C=O) groups excluding carboxylic acids is 1. The van der Waals surface area contributed by atoms with Crippen molar-refractivity contribution >= 4 is 15.9 Å². The number of nitrogens with one attached hydrogen (secondary N) is 1. The molecule has 0 spiro atoms. The van der Waals surface area contributed by atoms with E-state index in [-0.39, 0.29) is 23.1 Å². The molecule has 0 bridgehead atoms. The SMILES string of the molecule is CCS(=O)(=O)N1CCC(NC(=O)C2(CN)CCCC2)CC1. The standard InChI is InChI=1S/C14H27N3O3S/c1-2-21(19,20)17-9-5-12(6-10-17)16-13(18)14(11-15)7-3-4-8-14/h12H,2-11,15H2,1H3,(H,16,18). The summed E-state index contributed by atoms with van der Waals surface area (Å²) in [5.74, 6) is 0.208. The van der Waals surface area contributed by atoms with E-state index < -0.39 is 10.0 Å². The van der Waals surface area contributed by atoms with Gasteiger partial charge in [-0.3, -0.25) is 4.79 Å². The number of carbonyl (C=O) groups is 1. The third kappa shape index (κ3) is 3.57. The van der Waals surface area contributed by atoms with Crippen molar-refractivity contribution in [1.82, 2.24) is 9.62 Å². The number of piperidine rings is 1. The first kappa shape index (κ1) is 16.7. The Labute approximate surface area is 127 Å². The van der Waals surface area contributed by atoms with Gasteiger partial charge in [0.25, 0.3) is 0 Å². The molecule has 1 amide bonds. The van der Waals surface area contributed by atoms with Crippen LogP contribution in [-0.4, -0.2) is 50.1 Å². The summed E-state index contributed by atoms with van der Waals surface area (Å²) in [6, 6.07) is 0.0739. The van der Waals surface area contributed by atoms with Crippen molar-refractivity contribution in [3.05, 3.63) is 0 Å². The first-order chi connectivity index (χ1) is 9.93. The number of nitrogens with zero attached hydrogens (tertiary/aromatic N) is 1. The van der Waals surface area contributed by atoms with Gasteiger partial charge in [0.15, 0.2) is 0 Å². The molecule has 1 heterocycles. The summed E-state index contributed by atoms with van der Waals surface area (Å²) in [6.45, 7) is 3.06. The van der Waals surface area contributed by atoms with E-state index in [4.69, 9.17) is 5.73 Å². The fraction of sp³-hybridized carbons (Fsp3) is 0.929. The van der Waals surface area contributed by atoms with Gasteiger partial charge in [0.05, 0.1) is 11.2 Å². The zero-order valence-electron chi connectivity index (χ0n) is 12.8. The van der Waals surface area contributed by atoms with Crippen molar-refractivity contribution in [3.63, 3.8) is 0 Å². The molecular weight excluding hydrogens is 290 g/mol. The van der Waals surface area contributed by atoms with Crippen molar-refractivity contribution < 1.29 is 13.2 Å². The molecule has 1 saturated carbocycles. The minimum Gasteiger partial charge on any atom is -0.353 e. The quantitative estimate of drug-likeness (QED) is 0.769. The summed E-state index contributed by atoms with van der Waals surface area (Å²) in [4.78, 5) is 12.5. The van der Waals surface area contributed by atoms with Gasteiger partial charge < -0.3 is 11.1 Å². The minimum atomic E-state index is -3.10. The lowest BCUT2D eigenvalue weighted by atomic mass is 9.84. The predicted octanol–water partition coefficient (Wildman–Crippen LogP) is 0.436. The van der Waals surface area contributed by atoms with Gasteiger partial charge >= 0.3 is 0 Å². The van der Waals surface area contributed by atoms with Crippen molar-refractivity contribution in [2.45, 2.75) is 51.5 Å². The van der Waals surface area contributed by atoms with Crippen molar-refractivity contribution in [2.24, 2.45) is 11.1 Å². The maximum absolute atomic E-state index is 12.5. The van der Waals surface area contributed by atoms with Crippen LogP contribution in [-0.2, 0) is 14.8 Å². The van der Waals surface area contributed by atoms with E-state index in [0.717, 1.165) is 25.7 Å². The molecule has 0 aromatic carbocycles. The molecule has 0 radical (unpaired) electrons. The Kier molecular flexibility index (Phi) is 5.27. The number of nitrogens with two attached hydrogens (primary N) is 1. The van der Waals surface area contributed by atoms with Crippen LogP contribution in [0.25, 0.3) is 0 Å². The van der Waals surface area contributed by atoms with Crippen LogP contribution < -0.4 is 11.1 Å². The van der Waals surface area contributed by atoms with Gasteiger partial charge in [0, 0.05) is 25.7 Å². The Morgan fingerprint density at radius 1 is 1.29 bits per heavy atom. The number of sulfonamides is 1. The van der Waals surface area contributed by atoms with E-state index in [1.165, 1.54) is 4.31 Å². The van der Waals surface area contributed by atoms with Gasteiger partial charge in [-0.15, -0.1) is 0 Å². The molecule has 2 fully saturated rings. The molecule has 1 aliphatic carbocycles. The second-order valence-electron chi connectivity index (χ2n) is 6.24. The van der Waals surface area contributed by atoms with Crippen LogP contribution in [0.2, 0.25) is 0 Å². The van der Waals surface area contributed by atoms with Crippen LogP contribution in [0.15, 0.2) is 0 Å². The highest BCUT2D eigenvalue weighted by Crippen LogP contribution is 2.37. The van der Waals surface area contributed by atoms with Gasteiger partial charge in [0.2, 0.25) is 15.9 Å². The Balaban J connectivity index is 1.87. The van der Waals surface area contributed by atoms with Crippen LogP contribution in [0.1, 0.15) is 45.4 Å². The normalized spacial score (nSPS) is 24.1. The third-order valence-electron chi connectivity index (χ3n) is 4.98. The summed E-state index contributed by atoms with van der Waals surface area (Å²) in [7, 11) is -3.10. The molecule has 6 nitrogen and oxygen atoms in total. The first-order valence-electron chi connectivity index (χ1n) is 7.92. The second-order valence-corrected chi connectivity index (χ2v) is 8.50. The molecule has 3 N–H and O–H groups in total. The maximum Gasteiger partial charge on any atom is 0.227 e. The Morgan fingerprint density at radius 3 is 2.33 bits per heavy atom. The Bertz CT molecular complexity index is 464. The predicted molar refractivity (Wildman–Crippen MR) is 82.2 cm³/mol. The third-order valence-corrected chi connectivity index (χ3v) is 6.86. The van der Waals surface area contributed by atoms with Crippen LogP contribution in [0, 0.1) is 5.41 Å². The van der Waals surface area contributed by atoms with E-state index in [1.807, 2.05) is 0 Å². The van der Waals surface area contributed by atoms with Gasteiger partial charge in [-0.05, 0) is 32.6 Å². The molecule has 21 heavy (non-hydrogen) atoms. The molecule has 1 saturated heterocycles. The van der Waals surface area contributed by atoms with Crippen molar-refractivity contribution in [1.29, 1.82) is 0 Å².